The van der Waals surface area contributed by atoms with Gasteiger partial charge in [0.15, 0.2) is 11.4 Å². The molecule has 0 radical (unpaired) electrons. The van der Waals surface area contributed by atoms with Crippen molar-refractivity contribution in [3.05, 3.63) is 87.8 Å². The zero-order valence-electron chi connectivity index (χ0n) is 17.5. The Morgan fingerprint density at radius 3 is 2.55 bits per heavy atom. The van der Waals surface area contributed by atoms with Crippen molar-refractivity contribution >= 4 is 28.4 Å². The average molecular weight is 414 g/mol. The zero-order chi connectivity index (χ0) is 22.1. The molecule has 4 aromatic rings. The van der Waals surface area contributed by atoms with Gasteiger partial charge in [0.05, 0.1) is 11.1 Å². The van der Waals surface area contributed by atoms with Gasteiger partial charge in [0.25, 0.3) is 5.56 Å². The lowest BCUT2D eigenvalue weighted by molar-refractivity contribution is -0.116. The van der Waals surface area contributed by atoms with Crippen LogP contribution in [0.25, 0.3) is 16.7 Å². The Labute approximate surface area is 178 Å². The van der Waals surface area contributed by atoms with Gasteiger partial charge in [-0.1, -0.05) is 18.2 Å². The predicted octanol–water partition coefficient (Wildman–Crippen LogP) is 3.65. The van der Waals surface area contributed by atoms with Gasteiger partial charge in [0.2, 0.25) is 5.91 Å². The van der Waals surface area contributed by atoms with Crippen molar-refractivity contribution in [3.8, 4) is 5.69 Å². The molecule has 0 spiro atoms. The fraction of sp³-hybridized carbons (Fsp3) is 0.167. The molecule has 1 N–H and O–H groups in total. The summed E-state index contributed by atoms with van der Waals surface area (Å²) < 4.78 is 3.06. The molecule has 0 saturated carbocycles. The van der Waals surface area contributed by atoms with Crippen LogP contribution in [-0.2, 0) is 11.3 Å². The Kier molecular flexibility index (Phi) is 5.25. The Hall–Kier alpha value is -4.00. The number of amides is 1. The number of benzene rings is 2. The molecule has 2 aromatic heterocycles. The van der Waals surface area contributed by atoms with Crippen molar-refractivity contribution < 1.29 is 9.59 Å². The number of rotatable bonds is 5. The number of anilines is 1. The number of ketones is 1. The second kappa shape index (κ2) is 8.02. The van der Waals surface area contributed by atoms with Crippen LogP contribution in [0.15, 0.2) is 65.6 Å². The fourth-order valence-electron chi connectivity index (χ4n) is 3.50. The number of fused-ring (bicyclic) bond motifs is 1. The maximum atomic E-state index is 13.1. The number of nitrogens with zero attached hydrogens (tertiary/aromatic N) is 3. The summed E-state index contributed by atoms with van der Waals surface area (Å²) in [5, 5.41) is 3.24. The van der Waals surface area contributed by atoms with Crippen molar-refractivity contribution in [2.45, 2.75) is 27.3 Å². The first-order valence-corrected chi connectivity index (χ1v) is 9.90. The van der Waals surface area contributed by atoms with Crippen molar-refractivity contribution in [1.29, 1.82) is 0 Å². The summed E-state index contributed by atoms with van der Waals surface area (Å²) in [7, 11) is 0. The highest BCUT2D eigenvalue weighted by Gasteiger charge is 2.18. The molecule has 7 heteroatoms. The average Bonchev–Trinajstić information content (AvgIpc) is 3.02. The molecule has 1 amide bonds. The summed E-state index contributed by atoms with van der Waals surface area (Å²) in [5.74, 6) is -0.416. The number of carbonyl (C=O) groups excluding carboxylic acids is 2. The van der Waals surface area contributed by atoms with Gasteiger partial charge in [0, 0.05) is 17.4 Å². The van der Waals surface area contributed by atoms with Crippen LogP contribution in [0.4, 0.5) is 5.69 Å². The van der Waals surface area contributed by atoms with Gasteiger partial charge in [-0.15, -0.1) is 0 Å². The number of aryl methyl sites for hydroxylation is 2. The molecule has 0 aliphatic carbocycles. The smallest absolute Gasteiger partial charge is 0.280 e. The van der Waals surface area contributed by atoms with Crippen LogP contribution in [0, 0.1) is 13.8 Å². The highest BCUT2D eigenvalue weighted by Crippen LogP contribution is 2.17. The molecule has 0 unspecified atom stereocenters. The molecule has 4 rings (SSSR count). The lowest BCUT2D eigenvalue weighted by atomic mass is 10.1. The molecule has 0 aliphatic heterocycles. The van der Waals surface area contributed by atoms with E-state index in [2.05, 4.69) is 10.3 Å². The van der Waals surface area contributed by atoms with Crippen molar-refractivity contribution in [3.63, 3.8) is 0 Å². The van der Waals surface area contributed by atoms with E-state index in [9.17, 15) is 14.4 Å². The van der Waals surface area contributed by atoms with E-state index < -0.39 is 0 Å². The monoisotopic (exact) mass is 414 g/mol. The minimum atomic E-state index is -0.333. The molecular formula is C24H22N4O3. The van der Waals surface area contributed by atoms with Crippen LogP contribution >= 0.6 is 0 Å². The number of Topliss-reactive ketones (excluding diaryl/α,β-unsaturated/α-hetero) is 1. The van der Waals surface area contributed by atoms with Crippen molar-refractivity contribution in [2.24, 2.45) is 0 Å². The molecule has 0 saturated heterocycles. The molecule has 0 bridgehead atoms. The van der Waals surface area contributed by atoms with Crippen molar-refractivity contribution in [2.75, 3.05) is 5.32 Å². The molecule has 31 heavy (non-hydrogen) atoms. The lowest BCUT2D eigenvalue weighted by Crippen LogP contribution is -2.27. The van der Waals surface area contributed by atoms with Crippen LogP contribution < -0.4 is 10.9 Å². The van der Waals surface area contributed by atoms with Crippen LogP contribution in [0.3, 0.4) is 0 Å². The predicted molar refractivity (Wildman–Crippen MR) is 120 cm³/mol. The molecule has 0 aliphatic rings. The number of pyridine rings is 1. The van der Waals surface area contributed by atoms with E-state index in [-0.39, 0.29) is 23.8 Å². The first-order valence-electron chi connectivity index (χ1n) is 9.90. The normalized spacial score (nSPS) is 10.9. The van der Waals surface area contributed by atoms with Crippen LogP contribution in [0.1, 0.15) is 28.4 Å². The van der Waals surface area contributed by atoms with Gasteiger partial charge in [0.1, 0.15) is 6.54 Å². The molecule has 0 fully saturated rings. The van der Waals surface area contributed by atoms with E-state index in [1.807, 2.05) is 32.0 Å². The maximum absolute atomic E-state index is 13.1. The first kappa shape index (κ1) is 20.3. The third-order valence-corrected chi connectivity index (χ3v) is 5.28. The van der Waals surface area contributed by atoms with Gasteiger partial charge in [-0.3, -0.25) is 19.1 Å². The van der Waals surface area contributed by atoms with E-state index in [1.54, 1.807) is 47.3 Å². The summed E-state index contributed by atoms with van der Waals surface area (Å²) in [4.78, 5) is 42.0. The van der Waals surface area contributed by atoms with Crippen LogP contribution in [0.5, 0.6) is 0 Å². The van der Waals surface area contributed by atoms with Gasteiger partial charge in [-0.2, -0.15) is 0 Å². The van der Waals surface area contributed by atoms with E-state index >= 15 is 0 Å². The Morgan fingerprint density at radius 1 is 1.00 bits per heavy atom. The minimum absolute atomic E-state index is 0.0831. The summed E-state index contributed by atoms with van der Waals surface area (Å²) in [5.41, 5.74) is 4.04. The lowest BCUT2D eigenvalue weighted by Gasteiger charge is -2.14. The van der Waals surface area contributed by atoms with E-state index in [0.29, 0.717) is 28.0 Å². The molecule has 0 atom stereocenters. The van der Waals surface area contributed by atoms with Gasteiger partial charge in [-0.05, 0) is 68.3 Å². The highest BCUT2D eigenvalue weighted by molar-refractivity contribution is 5.97. The van der Waals surface area contributed by atoms with E-state index in [0.717, 1.165) is 11.1 Å². The van der Waals surface area contributed by atoms with E-state index in [1.165, 1.54) is 11.6 Å². The number of carbonyl (C=O) groups is 2. The number of aromatic nitrogens is 3. The quantitative estimate of drug-likeness (QED) is 0.505. The van der Waals surface area contributed by atoms with E-state index in [4.69, 9.17) is 0 Å². The Balaban J connectivity index is 1.75. The Bertz CT molecular complexity index is 1380. The third-order valence-electron chi connectivity index (χ3n) is 5.28. The second-order valence-corrected chi connectivity index (χ2v) is 7.50. The number of hydrogen-bond donors (Lipinski definition) is 1. The minimum Gasteiger partial charge on any atom is -0.324 e. The van der Waals surface area contributed by atoms with Crippen molar-refractivity contribution in [1.82, 2.24) is 14.3 Å². The third kappa shape index (κ3) is 3.90. The molecule has 2 heterocycles. The number of hydrogen-bond acceptors (Lipinski definition) is 4. The largest absolute Gasteiger partial charge is 0.324 e. The second-order valence-electron chi connectivity index (χ2n) is 7.50. The maximum Gasteiger partial charge on any atom is 0.280 e. The summed E-state index contributed by atoms with van der Waals surface area (Å²) >= 11 is 0. The first-order chi connectivity index (χ1) is 14.8. The standard InChI is InChI=1S/C24H22N4O3/c1-15-9-10-20(12-16(15)2)28-24(31)21-8-5-11-25-23(21)27(28)14-22(30)26-19-7-4-6-18(13-19)17(3)29/h4-13H,14H2,1-3H3,(H,26,30). The van der Waals surface area contributed by atoms with Gasteiger partial charge < -0.3 is 5.32 Å². The van der Waals surface area contributed by atoms with Crippen LogP contribution in [0.2, 0.25) is 0 Å². The Morgan fingerprint density at radius 2 is 1.81 bits per heavy atom. The summed E-state index contributed by atoms with van der Waals surface area (Å²) in [6, 6.07) is 15.9. The summed E-state index contributed by atoms with van der Waals surface area (Å²) in [6.07, 6.45) is 1.59. The molecule has 7 nitrogen and oxygen atoms in total. The summed E-state index contributed by atoms with van der Waals surface area (Å²) in [6.45, 7) is 5.33. The molecular weight excluding hydrogens is 392 g/mol. The fourth-order valence-corrected chi connectivity index (χ4v) is 3.50. The SMILES string of the molecule is CC(=O)c1cccc(NC(=O)Cn2c3ncccc3c(=O)n2-c2ccc(C)c(C)c2)c1. The van der Waals surface area contributed by atoms with Gasteiger partial charge in [-0.25, -0.2) is 9.67 Å². The highest BCUT2D eigenvalue weighted by atomic mass is 16.2. The molecule has 156 valence electrons. The number of nitrogens with one attached hydrogen (secondary N) is 1. The topological polar surface area (TPSA) is 86.0 Å². The van der Waals surface area contributed by atoms with Gasteiger partial charge >= 0.3 is 0 Å². The zero-order valence-corrected chi connectivity index (χ0v) is 17.5. The molecule has 2 aromatic carbocycles. The van der Waals surface area contributed by atoms with Crippen LogP contribution in [-0.4, -0.2) is 26.0 Å².